The zero-order chi connectivity index (χ0) is 28.2. The first-order valence-electron chi connectivity index (χ1n) is 12.9. The molecule has 1 fully saturated rings. The van der Waals surface area contributed by atoms with Crippen molar-refractivity contribution >= 4 is 46.3 Å². The van der Waals surface area contributed by atoms with Gasteiger partial charge in [-0.15, -0.1) is 0 Å². The molecule has 1 saturated heterocycles. The van der Waals surface area contributed by atoms with Gasteiger partial charge in [0.2, 0.25) is 17.7 Å². The summed E-state index contributed by atoms with van der Waals surface area (Å²) in [5, 5.41) is 7.97. The monoisotopic (exact) mass is 546 g/mol. The Morgan fingerprint density at radius 3 is 2.34 bits per heavy atom. The molecule has 0 spiro atoms. The molecule has 0 aliphatic carbocycles. The second-order valence-corrected chi connectivity index (χ2v) is 11.0. The van der Waals surface area contributed by atoms with Crippen LogP contribution in [0.15, 0.2) is 30.3 Å². The maximum absolute atomic E-state index is 13.2. The normalized spacial score (nSPS) is 16.4. The maximum Gasteiger partial charge on any atom is 0.251 e. The number of hydrogen-bond donors (Lipinski definition) is 3. The minimum atomic E-state index is -0.875. The Morgan fingerprint density at radius 2 is 1.71 bits per heavy atom. The summed E-state index contributed by atoms with van der Waals surface area (Å²) >= 11 is 1.05. The van der Waals surface area contributed by atoms with Crippen molar-refractivity contribution in [2.75, 3.05) is 18.8 Å². The number of hydrogen-bond acceptors (Lipinski definition) is 7. The molecular weight excluding hydrogens is 508 g/mol. The van der Waals surface area contributed by atoms with Gasteiger partial charge in [0.15, 0.2) is 10.9 Å². The van der Waals surface area contributed by atoms with Crippen molar-refractivity contribution in [2.24, 2.45) is 5.92 Å². The molecule has 208 valence electrons. The number of carbonyl (C=O) groups is 6. The molecule has 3 N–H and O–H groups in total. The number of rotatable bonds is 13. The van der Waals surface area contributed by atoms with E-state index in [1.54, 1.807) is 37.3 Å². The van der Waals surface area contributed by atoms with Crippen molar-refractivity contribution < 1.29 is 28.8 Å². The van der Waals surface area contributed by atoms with Crippen LogP contribution in [-0.4, -0.2) is 76.4 Å². The lowest BCUT2D eigenvalue weighted by atomic mass is 10.0. The molecule has 3 atom stereocenters. The summed E-state index contributed by atoms with van der Waals surface area (Å²) in [4.78, 5) is 76.1. The highest BCUT2D eigenvalue weighted by molar-refractivity contribution is 8.13. The van der Waals surface area contributed by atoms with E-state index >= 15 is 0 Å². The predicted octanol–water partition coefficient (Wildman–Crippen LogP) is 1.68. The van der Waals surface area contributed by atoms with E-state index < -0.39 is 29.9 Å². The number of nitrogens with zero attached hydrogens (tertiary/aromatic N) is 1. The Morgan fingerprint density at radius 1 is 1.03 bits per heavy atom. The van der Waals surface area contributed by atoms with Crippen LogP contribution in [0, 0.1) is 5.92 Å². The van der Waals surface area contributed by atoms with E-state index in [4.69, 9.17) is 0 Å². The van der Waals surface area contributed by atoms with Crippen LogP contribution in [-0.2, 0) is 24.0 Å². The molecule has 1 heterocycles. The van der Waals surface area contributed by atoms with Gasteiger partial charge in [0.1, 0.15) is 12.1 Å². The first kappa shape index (κ1) is 31.0. The number of ketones is 1. The zero-order valence-corrected chi connectivity index (χ0v) is 23.3. The molecule has 11 heteroatoms. The van der Waals surface area contributed by atoms with Crippen molar-refractivity contribution in [2.45, 2.75) is 71.5 Å². The summed E-state index contributed by atoms with van der Waals surface area (Å²) in [6, 6.07) is 6.14. The number of nitrogens with one attached hydrogen (secondary N) is 3. The second kappa shape index (κ2) is 15.3. The fourth-order valence-electron chi connectivity index (χ4n) is 4.16. The Bertz CT molecular complexity index is 1020. The zero-order valence-electron chi connectivity index (χ0n) is 22.5. The minimum Gasteiger partial charge on any atom is -0.345 e. The minimum absolute atomic E-state index is 0.0767. The average Bonchev–Trinajstić information content (AvgIpc) is 3.37. The third-order valence-corrected chi connectivity index (χ3v) is 6.96. The van der Waals surface area contributed by atoms with Crippen LogP contribution in [0.4, 0.5) is 0 Å². The van der Waals surface area contributed by atoms with E-state index in [9.17, 15) is 28.8 Å². The van der Waals surface area contributed by atoms with Gasteiger partial charge in [-0.05, 0) is 44.2 Å². The summed E-state index contributed by atoms with van der Waals surface area (Å²) in [6.45, 7) is 6.98. The highest BCUT2D eigenvalue weighted by atomic mass is 32.2. The molecule has 0 bridgehead atoms. The van der Waals surface area contributed by atoms with Crippen LogP contribution in [0.25, 0.3) is 0 Å². The summed E-state index contributed by atoms with van der Waals surface area (Å²) in [5.41, 5.74) is 0.434. The van der Waals surface area contributed by atoms with Crippen LogP contribution < -0.4 is 16.0 Å². The quantitative estimate of drug-likeness (QED) is 0.342. The van der Waals surface area contributed by atoms with Crippen LogP contribution in [0.2, 0.25) is 0 Å². The molecule has 2 rings (SSSR count). The van der Waals surface area contributed by atoms with Gasteiger partial charge in [0, 0.05) is 31.2 Å². The molecule has 10 nitrogen and oxygen atoms in total. The van der Waals surface area contributed by atoms with E-state index in [-0.39, 0.29) is 41.6 Å². The van der Waals surface area contributed by atoms with Crippen molar-refractivity contribution in [1.29, 1.82) is 0 Å². The molecule has 0 aromatic heterocycles. The van der Waals surface area contributed by atoms with Gasteiger partial charge < -0.3 is 20.9 Å². The van der Waals surface area contributed by atoms with Gasteiger partial charge in [-0.3, -0.25) is 28.8 Å². The number of thioether (sulfide) groups is 1. The predicted molar refractivity (Wildman–Crippen MR) is 145 cm³/mol. The Balaban J connectivity index is 1.95. The fraction of sp³-hybridized carbons (Fsp3) is 0.556. The molecule has 4 amide bonds. The highest BCUT2D eigenvalue weighted by Crippen LogP contribution is 2.18. The highest BCUT2D eigenvalue weighted by Gasteiger charge is 2.36. The smallest absolute Gasteiger partial charge is 0.251 e. The molecule has 1 aromatic rings. The third-order valence-electron chi connectivity index (χ3n) is 6.15. The van der Waals surface area contributed by atoms with Gasteiger partial charge in [-0.1, -0.05) is 43.8 Å². The topological polar surface area (TPSA) is 142 Å². The molecular formula is C27H38N4O6S. The largest absolute Gasteiger partial charge is 0.345 e. The first-order valence-corrected chi connectivity index (χ1v) is 13.9. The lowest BCUT2D eigenvalue weighted by Crippen LogP contribution is -2.55. The SMILES string of the molecule is CC(=O)SCCC(=O)[C@H](C)NC(=O)[C@H](CC(C)C)NC(=O)[C@@H]1CCCN1C(=O)CNC(=O)c1ccccc1. The van der Waals surface area contributed by atoms with Gasteiger partial charge in [-0.25, -0.2) is 0 Å². The molecule has 1 aromatic carbocycles. The lowest BCUT2D eigenvalue weighted by molar-refractivity contribution is -0.139. The van der Waals surface area contributed by atoms with Crippen LogP contribution in [0.3, 0.4) is 0 Å². The lowest BCUT2D eigenvalue weighted by Gasteiger charge is -2.27. The fourth-order valence-corrected chi connectivity index (χ4v) is 4.75. The van der Waals surface area contributed by atoms with E-state index in [0.717, 1.165) is 11.8 Å². The Labute approximate surface area is 228 Å². The maximum atomic E-state index is 13.2. The first-order chi connectivity index (χ1) is 18.0. The van der Waals surface area contributed by atoms with Crippen molar-refractivity contribution in [3.8, 4) is 0 Å². The summed E-state index contributed by atoms with van der Waals surface area (Å²) < 4.78 is 0. The van der Waals surface area contributed by atoms with Gasteiger partial charge >= 0.3 is 0 Å². The summed E-state index contributed by atoms with van der Waals surface area (Å²) in [7, 11) is 0. The Hall–Kier alpha value is -3.21. The summed E-state index contributed by atoms with van der Waals surface area (Å²) in [5.74, 6) is -1.44. The van der Waals surface area contributed by atoms with Gasteiger partial charge in [0.25, 0.3) is 5.91 Å². The van der Waals surface area contributed by atoms with E-state index in [0.29, 0.717) is 37.1 Å². The van der Waals surface area contributed by atoms with Crippen molar-refractivity contribution in [3.05, 3.63) is 35.9 Å². The van der Waals surface area contributed by atoms with Gasteiger partial charge in [-0.2, -0.15) is 0 Å². The average molecular weight is 547 g/mol. The van der Waals surface area contributed by atoms with Crippen molar-refractivity contribution in [3.63, 3.8) is 0 Å². The summed E-state index contributed by atoms with van der Waals surface area (Å²) in [6.07, 6.45) is 1.57. The molecule has 1 aliphatic rings. The molecule has 1 aliphatic heterocycles. The van der Waals surface area contributed by atoms with Gasteiger partial charge in [0.05, 0.1) is 12.6 Å². The molecule has 0 saturated carbocycles. The number of benzene rings is 1. The number of carbonyl (C=O) groups excluding carboxylic acids is 6. The number of amides is 4. The standard InChI is InChI=1S/C27H38N4O6S/c1-17(2)15-21(26(36)29-18(3)23(33)12-14-38-19(4)32)30-27(37)22-11-8-13-31(22)24(34)16-28-25(35)20-9-6-5-7-10-20/h5-7,9-10,17-18,21-22H,8,11-16H2,1-4H3,(H,28,35)(H,29,36)(H,30,37)/t18-,21-,22-/m0/s1. The molecule has 0 unspecified atom stereocenters. The Kier molecular flexibility index (Phi) is 12.5. The van der Waals surface area contributed by atoms with E-state index in [1.807, 2.05) is 13.8 Å². The third kappa shape index (κ3) is 9.92. The van der Waals surface area contributed by atoms with Crippen molar-refractivity contribution in [1.82, 2.24) is 20.9 Å². The molecule has 38 heavy (non-hydrogen) atoms. The molecule has 0 radical (unpaired) electrons. The van der Waals surface area contributed by atoms with E-state index in [2.05, 4.69) is 16.0 Å². The van der Waals surface area contributed by atoms with Crippen LogP contribution in [0.1, 0.15) is 63.7 Å². The van der Waals surface area contributed by atoms with E-state index in [1.165, 1.54) is 11.8 Å². The van der Waals surface area contributed by atoms with Crippen LogP contribution in [0.5, 0.6) is 0 Å². The second-order valence-electron chi connectivity index (χ2n) is 9.77. The number of Topliss-reactive ketones (excluding diaryl/α,β-unsaturated/α-hetero) is 1. The number of likely N-dealkylation sites (tertiary alicyclic amines) is 1. The van der Waals surface area contributed by atoms with Crippen LogP contribution >= 0.6 is 11.8 Å².